The lowest BCUT2D eigenvalue weighted by Crippen LogP contribution is -2.41. The van der Waals surface area contributed by atoms with E-state index in [4.69, 9.17) is 11.5 Å². The summed E-state index contributed by atoms with van der Waals surface area (Å²) in [5.74, 6) is -0.438. The van der Waals surface area contributed by atoms with Crippen LogP contribution in [-0.2, 0) is 4.79 Å². The summed E-state index contributed by atoms with van der Waals surface area (Å²) in [4.78, 5) is 10.2. The summed E-state index contributed by atoms with van der Waals surface area (Å²) in [6, 6.07) is -0.504. The zero-order valence-electron chi connectivity index (χ0n) is 4.60. The fourth-order valence-corrected chi connectivity index (χ4v) is 0.581. The quantitative estimate of drug-likeness (QED) is 0.499. The third-order valence-corrected chi connectivity index (χ3v) is 1.60. The van der Waals surface area contributed by atoms with Crippen LogP contribution in [0.3, 0.4) is 0 Å². The first-order valence-electron chi connectivity index (χ1n) is 2.24. The van der Waals surface area contributed by atoms with E-state index < -0.39 is 11.9 Å². The maximum Gasteiger partial charge on any atom is 0.235 e. The van der Waals surface area contributed by atoms with Crippen molar-refractivity contribution in [1.29, 1.82) is 0 Å². The van der Waals surface area contributed by atoms with E-state index in [0.29, 0.717) is 0 Å². The molecule has 8 heavy (non-hydrogen) atoms. The number of halogens is 1. The molecule has 4 heteroatoms. The van der Waals surface area contributed by atoms with E-state index in [-0.39, 0.29) is 3.92 Å². The van der Waals surface area contributed by atoms with Gasteiger partial charge in [0.05, 0.1) is 6.04 Å². The number of nitrogens with two attached hydrogens (primary N) is 2. The summed E-state index contributed by atoms with van der Waals surface area (Å²) in [7, 11) is 0. The molecule has 0 fully saturated rings. The van der Waals surface area contributed by atoms with Gasteiger partial charge >= 0.3 is 0 Å². The fourth-order valence-electron chi connectivity index (χ4n) is 0.226. The SMILES string of the molecule is CC(I)C(N)C(N)=O. The van der Waals surface area contributed by atoms with E-state index in [9.17, 15) is 4.79 Å². The number of carbonyl (C=O) groups excluding carboxylic acids is 1. The monoisotopic (exact) mass is 228 g/mol. The number of alkyl halides is 1. The second kappa shape index (κ2) is 3.24. The van der Waals surface area contributed by atoms with E-state index in [1.807, 2.05) is 6.92 Å². The van der Waals surface area contributed by atoms with E-state index in [1.54, 1.807) is 0 Å². The van der Waals surface area contributed by atoms with Gasteiger partial charge in [-0.25, -0.2) is 0 Å². The van der Waals surface area contributed by atoms with Gasteiger partial charge in [0.15, 0.2) is 0 Å². The standard InChI is InChI=1S/C4H9IN2O/c1-2(5)3(6)4(7)8/h2-3H,6H2,1H3,(H2,7,8). The second-order valence-electron chi connectivity index (χ2n) is 1.61. The first-order valence-corrected chi connectivity index (χ1v) is 3.49. The zero-order chi connectivity index (χ0) is 6.73. The molecule has 2 atom stereocenters. The fraction of sp³-hybridized carbons (Fsp3) is 0.750. The van der Waals surface area contributed by atoms with Crippen molar-refractivity contribution in [3.8, 4) is 0 Å². The van der Waals surface area contributed by atoms with Crippen LogP contribution in [-0.4, -0.2) is 15.9 Å². The molecule has 4 N–H and O–H groups in total. The van der Waals surface area contributed by atoms with Crippen LogP contribution in [0.5, 0.6) is 0 Å². The molecular formula is C4H9IN2O. The van der Waals surface area contributed by atoms with Crippen LogP contribution >= 0.6 is 22.6 Å². The highest BCUT2D eigenvalue weighted by Gasteiger charge is 2.13. The lowest BCUT2D eigenvalue weighted by Gasteiger charge is -2.07. The molecule has 0 saturated heterocycles. The highest BCUT2D eigenvalue weighted by Crippen LogP contribution is 2.00. The lowest BCUT2D eigenvalue weighted by atomic mass is 10.2. The largest absolute Gasteiger partial charge is 0.368 e. The van der Waals surface area contributed by atoms with E-state index >= 15 is 0 Å². The van der Waals surface area contributed by atoms with Gasteiger partial charge in [-0.3, -0.25) is 4.79 Å². The topological polar surface area (TPSA) is 69.1 Å². The first kappa shape index (κ1) is 8.16. The summed E-state index contributed by atoms with van der Waals surface area (Å²) in [5, 5.41) is 0. The number of hydrogen-bond donors (Lipinski definition) is 2. The third kappa shape index (κ3) is 2.46. The van der Waals surface area contributed by atoms with Gasteiger partial charge < -0.3 is 11.5 Å². The van der Waals surface area contributed by atoms with Gasteiger partial charge in [0.1, 0.15) is 0 Å². The highest BCUT2D eigenvalue weighted by atomic mass is 127. The molecular weight excluding hydrogens is 219 g/mol. The number of amides is 1. The van der Waals surface area contributed by atoms with Gasteiger partial charge in [-0.2, -0.15) is 0 Å². The molecule has 0 heterocycles. The van der Waals surface area contributed by atoms with E-state index in [2.05, 4.69) is 22.6 Å². The van der Waals surface area contributed by atoms with E-state index in [0.717, 1.165) is 0 Å². The van der Waals surface area contributed by atoms with Crippen molar-refractivity contribution in [3.63, 3.8) is 0 Å². The first-order chi connectivity index (χ1) is 3.55. The van der Waals surface area contributed by atoms with Gasteiger partial charge in [0.2, 0.25) is 5.91 Å². The summed E-state index contributed by atoms with van der Waals surface area (Å²) >= 11 is 2.06. The van der Waals surface area contributed by atoms with Crippen molar-refractivity contribution in [2.24, 2.45) is 11.5 Å². The van der Waals surface area contributed by atoms with Gasteiger partial charge in [-0.1, -0.05) is 29.5 Å². The smallest absolute Gasteiger partial charge is 0.235 e. The van der Waals surface area contributed by atoms with Crippen molar-refractivity contribution in [1.82, 2.24) is 0 Å². The average molecular weight is 228 g/mol. The summed E-state index contributed by atoms with van der Waals surface area (Å²) in [6.45, 7) is 1.84. The summed E-state index contributed by atoms with van der Waals surface area (Å²) < 4.78 is 0.116. The van der Waals surface area contributed by atoms with Crippen LogP contribution in [0.1, 0.15) is 6.92 Å². The Bertz CT molecular complexity index is 94.0. The molecule has 0 aliphatic heterocycles. The Morgan fingerprint density at radius 3 is 2.12 bits per heavy atom. The predicted octanol–water partition coefficient (Wildman–Crippen LogP) is -0.378. The molecule has 2 unspecified atom stereocenters. The van der Waals surface area contributed by atoms with Crippen LogP contribution in [0.4, 0.5) is 0 Å². The second-order valence-corrected chi connectivity index (χ2v) is 3.57. The molecule has 1 amide bonds. The van der Waals surface area contributed by atoms with Gasteiger partial charge in [-0.15, -0.1) is 0 Å². The maximum absolute atomic E-state index is 10.2. The Morgan fingerprint density at radius 1 is 1.75 bits per heavy atom. The molecule has 0 rings (SSSR count). The molecule has 0 aliphatic carbocycles. The predicted molar refractivity (Wildman–Crippen MR) is 40.7 cm³/mol. The van der Waals surface area contributed by atoms with Gasteiger partial charge in [0.25, 0.3) is 0 Å². The Morgan fingerprint density at radius 2 is 2.12 bits per heavy atom. The van der Waals surface area contributed by atoms with Crippen LogP contribution in [0, 0.1) is 0 Å². The number of carbonyl (C=O) groups is 1. The number of primary amides is 1. The Balaban J connectivity index is 3.64. The lowest BCUT2D eigenvalue weighted by molar-refractivity contribution is -0.119. The van der Waals surface area contributed by atoms with Gasteiger partial charge in [0, 0.05) is 3.92 Å². The maximum atomic E-state index is 10.2. The van der Waals surface area contributed by atoms with Crippen molar-refractivity contribution in [2.75, 3.05) is 0 Å². The minimum absolute atomic E-state index is 0.116. The molecule has 0 aromatic heterocycles. The van der Waals surface area contributed by atoms with Crippen molar-refractivity contribution < 1.29 is 4.79 Å². The minimum atomic E-state index is -0.504. The Hall–Kier alpha value is 0.160. The normalized spacial score (nSPS) is 17.4. The third-order valence-electron chi connectivity index (χ3n) is 0.823. The molecule has 0 aromatic rings. The molecule has 3 nitrogen and oxygen atoms in total. The molecule has 0 aromatic carbocycles. The van der Waals surface area contributed by atoms with Crippen LogP contribution < -0.4 is 11.5 Å². The molecule has 0 saturated carbocycles. The van der Waals surface area contributed by atoms with Crippen molar-refractivity contribution in [3.05, 3.63) is 0 Å². The number of hydrogen-bond acceptors (Lipinski definition) is 2. The summed E-state index contributed by atoms with van der Waals surface area (Å²) in [5.41, 5.74) is 10.1. The van der Waals surface area contributed by atoms with Crippen LogP contribution in [0.25, 0.3) is 0 Å². The Kier molecular flexibility index (Phi) is 3.30. The molecule has 48 valence electrons. The zero-order valence-corrected chi connectivity index (χ0v) is 6.75. The molecule has 0 radical (unpaired) electrons. The highest BCUT2D eigenvalue weighted by molar-refractivity contribution is 14.1. The molecule has 0 bridgehead atoms. The average Bonchev–Trinajstić information content (AvgIpc) is 1.64. The van der Waals surface area contributed by atoms with Crippen LogP contribution in [0.15, 0.2) is 0 Å². The van der Waals surface area contributed by atoms with Crippen LogP contribution in [0.2, 0.25) is 0 Å². The molecule has 0 spiro atoms. The number of rotatable bonds is 2. The summed E-state index contributed by atoms with van der Waals surface area (Å²) in [6.07, 6.45) is 0. The Labute approximate surface area is 61.9 Å². The van der Waals surface area contributed by atoms with Crippen molar-refractivity contribution in [2.45, 2.75) is 16.9 Å². The minimum Gasteiger partial charge on any atom is -0.368 e. The molecule has 0 aliphatic rings. The van der Waals surface area contributed by atoms with Crippen molar-refractivity contribution >= 4 is 28.5 Å². The van der Waals surface area contributed by atoms with E-state index in [1.165, 1.54) is 0 Å². The van der Waals surface area contributed by atoms with Gasteiger partial charge in [-0.05, 0) is 0 Å².